The van der Waals surface area contributed by atoms with Crippen LogP contribution in [0.4, 0.5) is 0 Å². The van der Waals surface area contributed by atoms with Gasteiger partial charge in [-0.3, -0.25) is 5.34 Å². The molecule has 0 bridgehead atoms. The maximum atomic E-state index is 9.41. The van der Waals surface area contributed by atoms with Crippen molar-refractivity contribution >= 4 is 13.2 Å². The summed E-state index contributed by atoms with van der Waals surface area (Å²) >= 11 is 0. The van der Waals surface area contributed by atoms with Gasteiger partial charge in [-0.15, -0.1) is 10.0 Å². The van der Waals surface area contributed by atoms with E-state index in [-0.39, 0.29) is 0 Å². The second kappa shape index (κ2) is 3.81. The van der Waals surface area contributed by atoms with Crippen molar-refractivity contribution in [2.24, 2.45) is 16.0 Å². The lowest BCUT2D eigenvalue weighted by atomic mass is 10.2. The molecule has 5 N–H and O–H groups in total. The van der Waals surface area contributed by atoms with Gasteiger partial charge in [0.1, 0.15) is 0 Å². The molecule has 0 aliphatic carbocycles. The summed E-state index contributed by atoms with van der Waals surface area (Å²) in [6.07, 6.45) is 0. The molecule has 0 amide bonds. The van der Waals surface area contributed by atoms with Crippen molar-refractivity contribution in [1.82, 2.24) is 5.34 Å². The fourth-order valence-corrected chi connectivity index (χ4v) is 0.144. The summed E-state index contributed by atoms with van der Waals surface area (Å²) in [6.45, 7) is 0. The molecule has 0 rings (SSSR count). The van der Waals surface area contributed by atoms with Crippen LogP contribution >= 0.6 is 0 Å². The smallest absolute Gasteiger partial charge is 0.407 e. The third kappa shape index (κ3) is 4.71. The minimum atomic E-state index is -1.83. The Hall–Kier alpha value is -1.15. The maximum absolute atomic E-state index is 9.41. The highest BCUT2D eigenvalue weighted by molar-refractivity contribution is 6.37. The lowest BCUT2D eigenvalue weighted by Crippen LogP contribution is -2.31. The van der Waals surface area contributed by atoms with Crippen LogP contribution in [0.25, 0.3) is 0 Å². The molecule has 0 radical (unpaired) electrons. The Balaban J connectivity index is 3.56. The van der Waals surface area contributed by atoms with Crippen LogP contribution in [0, 0.1) is 4.91 Å². The highest BCUT2D eigenvalue weighted by Crippen LogP contribution is 1.65. The summed E-state index contributed by atoms with van der Waals surface area (Å²) in [5.41, 5.74) is 4.71. The van der Waals surface area contributed by atoms with E-state index in [0.717, 1.165) is 0 Å². The Labute approximate surface area is 50.7 Å². The van der Waals surface area contributed by atoms with Gasteiger partial charge in [0.2, 0.25) is 0 Å². The van der Waals surface area contributed by atoms with E-state index in [1.54, 1.807) is 5.34 Å². The molecule has 50 valence electrons. The molecule has 8 heteroatoms. The van der Waals surface area contributed by atoms with Gasteiger partial charge in [0.05, 0.1) is 0 Å². The number of nitrogens with one attached hydrogen (secondary N) is 1. The van der Waals surface area contributed by atoms with Crippen LogP contribution in [0.15, 0.2) is 10.3 Å². The first kappa shape index (κ1) is 7.85. The Morgan fingerprint density at radius 3 is 2.56 bits per heavy atom. The Morgan fingerprint density at radius 1 is 1.67 bits per heavy atom. The quantitative estimate of drug-likeness (QED) is 0.109. The predicted octanol–water partition coefficient (Wildman–Crippen LogP) is -2.46. The summed E-state index contributed by atoms with van der Waals surface area (Å²) in [4.78, 5) is 9.41. The number of rotatable bonds is 2. The Morgan fingerprint density at radius 2 is 2.22 bits per heavy atom. The van der Waals surface area contributed by atoms with Crippen LogP contribution in [0.5, 0.6) is 0 Å². The van der Waals surface area contributed by atoms with Gasteiger partial charge in [-0.25, -0.2) is 0 Å². The Kier molecular flexibility index (Phi) is 3.32. The predicted molar refractivity (Wildman–Crippen MR) is 30.7 cm³/mol. The van der Waals surface area contributed by atoms with Crippen LogP contribution in [-0.2, 0) is 0 Å². The van der Waals surface area contributed by atoms with Crippen LogP contribution in [-0.4, -0.2) is 23.3 Å². The molecule has 0 saturated carbocycles. The number of guanidine groups is 1. The second-order valence-electron chi connectivity index (χ2n) is 1.06. The van der Waals surface area contributed by atoms with Crippen molar-refractivity contribution in [2.45, 2.75) is 0 Å². The first-order valence-electron chi connectivity index (χ1n) is 1.95. The molecule has 0 aliphatic heterocycles. The molecule has 0 aromatic heterocycles. The van der Waals surface area contributed by atoms with Gasteiger partial charge in [-0.1, -0.05) is 0 Å². The molecule has 0 aromatic carbocycles. The van der Waals surface area contributed by atoms with Gasteiger partial charge in [0, 0.05) is 5.18 Å². The molecule has 0 spiro atoms. The molecule has 0 aliphatic rings. The average molecular weight is 132 g/mol. The van der Waals surface area contributed by atoms with Crippen LogP contribution < -0.4 is 11.1 Å². The van der Waals surface area contributed by atoms with Crippen molar-refractivity contribution in [3.63, 3.8) is 0 Å². The number of hydrogen-bond acceptors (Lipinski definition) is 5. The molecule has 0 saturated heterocycles. The summed E-state index contributed by atoms with van der Waals surface area (Å²) in [5.74, 6) is -0.594. The fourth-order valence-electron chi connectivity index (χ4n) is 0.144. The minimum absolute atomic E-state index is 0.594. The van der Waals surface area contributed by atoms with Crippen molar-refractivity contribution in [2.75, 3.05) is 0 Å². The number of hydrogen-bond donors (Lipinski definition) is 4. The molecule has 9 heavy (non-hydrogen) atoms. The van der Waals surface area contributed by atoms with Gasteiger partial charge >= 0.3 is 7.25 Å². The lowest BCUT2D eigenvalue weighted by Gasteiger charge is -1.92. The number of hydrazone groups is 1. The van der Waals surface area contributed by atoms with Crippen molar-refractivity contribution in [3.05, 3.63) is 4.91 Å². The van der Waals surface area contributed by atoms with Crippen LogP contribution in [0.3, 0.4) is 0 Å². The topological polar surface area (TPSA) is 120 Å². The normalized spacial score (nSPS) is 10.7. The monoisotopic (exact) mass is 132 g/mol. The van der Waals surface area contributed by atoms with E-state index in [0.29, 0.717) is 0 Å². The van der Waals surface area contributed by atoms with E-state index in [2.05, 4.69) is 10.3 Å². The zero-order valence-corrected chi connectivity index (χ0v) is 4.35. The SMILES string of the molecule is N/C(N=O)=N/NB(O)O. The van der Waals surface area contributed by atoms with Gasteiger partial charge in [0.25, 0.3) is 5.96 Å². The third-order valence-corrected chi connectivity index (χ3v) is 0.388. The van der Waals surface area contributed by atoms with E-state index in [1.165, 1.54) is 0 Å². The van der Waals surface area contributed by atoms with E-state index in [4.69, 9.17) is 15.8 Å². The van der Waals surface area contributed by atoms with E-state index in [9.17, 15) is 4.91 Å². The van der Waals surface area contributed by atoms with E-state index >= 15 is 0 Å². The van der Waals surface area contributed by atoms with Crippen molar-refractivity contribution in [1.29, 1.82) is 0 Å². The summed E-state index contributed by atoms with van der Waals surface area (Å²) in [7, 11) is -1.83. The second-order valence-corrected chi connectivity index (χ2v) is 1.06. The molecule has 0 fully saturated rings. The molecule has 0 aromatic rings. The van der Waals surface area contributed by atoms with E-state index in [1.807, 2.05) is 0 Å². The molecule has 7 nitrogen and oxygen atoms in total. The summed E-state index contributed by atoms with van der Waals surface area (Å²) in [5, 5.41) is 22.8. The molecular formula is CH5BN4O3. The van der Waals surface area contributed by atoms with Crippen molar-refractivity contribution in [3.8, 4) is 0 Å². The first-order chi connectivity index (χ1) is 4.16. The highest BCUT2D eigenvalue weighted by atomic mass is 16.4. The maximum Gasteiger partial charge on any atom is 0.602 e. The summed E-state index contributed by atoms with van der Waals surface area (Å²) < 4.78 is 0. The zero-order chi connectivity index (χ0) is 7.28. The van der Waals surface area contributed by atoms with Gasteiger partial charge < -0.3 is 15.8 Å². The summed E-state index contributed by atoms with van der Waals surface area (Å²) in [6, 6.07) is 0. The molecule has 0 atom stereocenters. The Bertz CT molecular complexity index is 123. The van der Waals surface area contributed by atoms with E-state index < -0.39 is 13.2 Å². The van der Waals surface area contributed by atoms with Gasteiger partial charge in [0.15, 0.2) is 0 Å². The molecular weight excluding hydrogens is 127 g/mol. The minimum Gasteiger partial charge on any atom is -0.407 e. The number of nitrogens with two attached hydrogens (primary N) is 1. The lowest BCUT2D eigenvalue weighted by molar-refractivity contribution is 0.388. The number of nitroso groups, excluding NO2 is 1. The molecule has 0 heterocycles. The highest BCUT2D eigenvalue weighted by Gasteiger charge is 2.03. The van der Waals surface area contributed by atoms with Crippen molar-refractivity contribution < 1.29 is 10.0 Å². The first-order valence-corrected chi connectivity index (χ1v) is 1.95. The molecule has 0 unspecified atom stereocenters. The number of nitrogens with zero attached hydrogens (tertiary/aromatic N) is 2. The van der Waals surface area contributed by atoms with Gasteiger partial charge in [-0.2, -0.15) is 0 Å². The largest absolute Gasteiger partial charge is 0.602 e. The zero-order valence-electron chi connectivity index (χ0n) is 4.35. The van der Waals surface area contributed by atoms with Gasteiger partial charge in [-0.05, 0) is 0 Å². The van der Waals surface area contributed by atoms with Crippen LogP contribution in [0.1, 0.15) is 0 Å². The standard InChI is InChI=1S/CH5BN4O3/c3-1(5-9)4-6-2(7)8/h6-8H,(H2,3,4). The average Bonchev–Trinajstić information content (AvgIpc) is 1.83. The van der Waals surface area contributed by atoms with Crippen LogP contribution in [0.2, 0.25) is 0 Å². The fraction of sp³-hybridized carbons (Fsp3) is 0. The third-order valence-electron chi connectivity index (χ3n) is 0.388.